The molecule has 4 heteroatoms. The largest absolute Gasteiger partial charge is 0.494 e. The molecule has 0 saturated heterocycles. The predicted octanol–water partition coefficient (Wildman–Crippen LogP) is 14.7. The maximum atomic E-state index is 6.24. The molecular formula is C44H66N2O2. The Morgan fingerprint density at radius 3 is 1.60 bits per heavy atom. The van der Waals surface area contributed by atoms with Crippen molar-refractivity contribution >= 4 is 11.4 Å². The third kappa shape index (κ3) is 13.4. The second kappa shape index (κ2) is 23.3. The van der Waals surface area contributed by atoms with E-state index in [1.807, 2.05) is 19.1 Å². The highest BCUT2D eigenvalue weighted by molar-refractivity contribution is 5.71. The fraction of sp³-hybridized carbons (Fsp3) is 0.591. The van der Waals surface area contributed by atoms with Crippen LogP contribution in [0.5, 0.6) is 11.5 Å². The number of aryl methyl sites for hydroxylation is 2. The number of benzene rings is 3. The first-order chi connectivity index (χ1) is 23.5. The number of hydrogen-bond acceptors (Lipinski definition) is 4. The lowest BCUT2D eigenvalue weighted by Crippen LogP contribution is -1.99. The van der Waals surface area contributed by atoms with E-state index in [2.05, 4.69) is 77.1 Å². The van der Waals surface area contributed by atoms with Crippen LogP contribution in [0.4, 0.5) is 11.4 Å². The van der Waals surface area contributed by atoms with Crippen LogP contribution in [0.15, 0.2) is 64.8 Å². The standard InChI is InChI=1S/C44H66N2O2/c1-7-12-13-14-15-16-17-18-19-20-21-22-23-24-31-48-41-29-30-43(42(34-41)35(6)8-2)45-46-44-36(9-3)32-39(33-37(44)10-4)38-25-27-40(28-26-38)47-11-5/h25-30,32-35H,7-24,31H2,1-6H3. The number of ether oxygens (including phenoxy) is 2. The van der Waals surface area contributed by atoms with Gasteiger partial charge >= 0.3 is 0 Å². The number of hydrogen-bond donors (Lipinski definition) is 0. The number of nitrogens with zero attached hydrogens (tertiary/aromatic N) is 2. The van der Waals surface area contributed by atoms with Gasteiger partial charge in [-0.1, -0.05) is 130 Å². The molecule has 0 saturated carbocycles. The summed E-state index contributed by atoms with van der Waals surface area (Å²) in [7, 11) is 0. The van der Waals surface area contributed by atoms with E-state index in [0.717, 1.165) is 55.2 Å². The van der Waals surface area contributed by atoms with E-state index in [1.165, 1.54) is 111 Å². The van der Waals surface area contributed by atoms with Gasteiger partial charge in [-0.25, -0.2) is 0 Å². The summed E-state index contributed by atoms with van der Waals surface area (Å²) < 4.78 is 11.9. The van der Waals surface area contributed by atoms with Gasteiger partial charge < -0.3 is 9.47 Å². The van der Waals surface area contributed by atoms with E-state index >= 15 is 0 Å². The van der Waals surface area contributed by atoms with Crippen LogP contribution in [0.2, 0.25) is 0 Å². The van der Waals surface area contributed by atoms with Crippen molar-refractivity contribution in [2.24, 2.45) is 10.2 Å². The first-order valence-corrected chi connectivity index (χ1v) is 19.6. The molecule has 264 valence electrons. The summed E-state index contributed by atoms with van der Waals surface area (Å²) >= 11 is 0. The van der Waals surface area contributed by atoms with Gasteiger partial charge in [0, 0.05) is 0 Å². The number of rotatable bonds is 25. The Morgan fingerprint density at radius 2 is 1.08 bits per heavy atom. The molecule has 0 spiro atoms. The van der Waals surface area contributed by atoms with Crippen LogP contribution in [0.3, 0.4) is 0 Å². The van der Waals surface area contributed by atoms with Gasteiger partial charge in [0.15, 0.2) is 0 Å². The monoisotopic (exact) mass is 655 g/mol. The zero-order valence-electron chi connectivity index (χ0n) is 31.4. The predicted molar refractivity (Wildman–Crippen MR) is 207 cm³/mol. The minimum absolute atomic E-state index is 0.377. The highest BCUT2D eigenvalue weighted by Crippen LogP contribution is 2.37. The topological polar surface area (TPSA) is 43.2 Å². The van der Waals surface area contributed by atoms with Gasteiger partial charge in [0.1, 0.15) is 11.5 Å². The summed E-state index contributed by atoms with van der Waals surface area (Å²) in [6.45, 7) is 14.7. The van der Waals surface area contributed by atoms with Crippen molar-refractivity contribution in [2.75, 3.05) is 13.2 Å². The zero-order valence-corrected chi connectivity index (χ0v) is 31.4. The summed E-state index contributed by atoms with van der Waals surface area (Å²) in [5.41, 5.74) is 8.00. The maximum Gasteiger partial charge on any atom is 0.119 e. The minimum Gasteiger partial charge on any atom is -0.494 e. The lowest BCUT2D eigenvalue weighted by Gasteiger charge is -2.15. The Balaban J connectivity index is 1.53. The highest BCUT2D eigenvalue weighted by Gasteiger charge is 2.14. The smallest absolute Gasteiger partial charge is 0.119 e. The maximum absolute atomic E-state index is 6.24. The Hall–Kier alpha value is -3.14. The number of azo groups is 1. The third-order valence-corrected chi connectivity index (χ3v) is 9.69. The van der Waals surface area contributed by atoms with Gasteiger partial charge in [-0.05, 0) is 109 Å². The molecule has 1 unspecified atom stereocenters. The molecular weight excluding hydrogens is 588 g/mol. The molecule has 0 bridgehead atoms. The van der Waals surface area contributed by atoms with Crippen molar-refractivity contribution in [2.45, 2.75) is 157 Å². The molecule has 3 aromatic rings. The molecule has 0 radical (unpaired) electrons. The van der Waals surface area contributed by atoms with E-state index in [-0.39, 0.29) is 0 Å². The molecule has 0 aliphatic rings. The van der Waals surface area contributed by atoms with E-state index < -0.39 is 0 Å². The molecule has 0 heterocycles. The average molecular weight is 655 g/mol. The Bertz CT molecular complexity index is 1310. The summed E-state index contributed by atoms with van der Waals surface area (Å²) in [5.74, 6) is 2.23. The molecule has 4 nitrogen and oxygen atoms in total. The zero-order chi connectivity index (χ0) is 34.4. The van der Waals surface area contributed by atoms with Gasteiger partial charge in [0.05, 0.1) is 24.6 Å². The van der Waals surface area contributed by atoms with Crippen molar-refractivity contribution in [1.29, 1.82) is 0 Å². The molecule has 0 N–H and O–H groups in total. The summed E-state index contributed by atoms with van der Waals surface area (Å²) in [4.78, 5) is 0. The van der Waals surface area contributed by atoms with Crippen molar-refractivity contribution < 1.29 is 9.47 Å². The van der Waals surface area contributed by atoms with E-state index in [9.17, 15) is 0 Å². The van der Waals surface area contributed by atoms with E-state index in [1.54, 1.807) is 0 Å². The van der Waals surface area contributed by atoms with Crippen molar-refractivity contribution in [1.82, 2.24) is 0 Å². The molecule has 48 heavy (non-hydrogen) atoms. The molecule has 0 aliphatic carbocycles. The molecule has 3 aromatic carbocycles. The molecule has 0 fully saturated rings. The lowest BCUT2D eigenvalue weighted by atomic mass is 9.95. The van der Waals surface area contributed by atoms with Crippen LogP contribution >= 0.6 is 0 Å². The normalized spacial score (nSPS) is 12.1. The van der Waals surface area contributed by atoms with Crippen LogP contribution in [0, 0.1) is 0 Å². The van der Waals surface area contributed by atoms with Crippen LogP contribution in [-0.2, 0) is 12.8 Å². The van der Waals surface area contributed by atoms with Crippen molar-refractivity contribution in [3.63, 3.8) is 0 Å². The highest BCUT2D eigenvalue weighted by atomic mass is 16.5. The van der Waals surface area contributed by atoms with Gasteiger partial charge in [0.2, 0.25) is 0 Å². The first kappa shape index (κ1) is 39.3. The van der Waals surface area contributed by atoms with Gasteiger partial charge in [0.25, 0.3) is 0 Å². The van der Waals surface area contributed by atoms with E-state index in [0.29, 0.717) is 12.5 Å². The number of unbranched alkanes of at least 4 members (excludes halogenated alkanes) is 13. The molecule has 0 aliphatic heterocycles. The molecule has 3 rings (SSSR count). The Kier molecular flexibility index (Phi) is 19.0. The Labute approximate surface area is 294 Å². The Morgan fingerprint density at radius 1 is 0.542 bits per heavy atom. The second-order valence-corrected chi connectivity index (χ2v) is 13.5. The molecule has 0 aromatic heterocycles. The molecule has 0 amide bonds. The summed E-state index contributed by atoms with van der Waals surface area (Å²) in [6.07, 6.45) is 22.0. The van der Waals surface area contributed by atoms with Gasteiger partial charge in [-0.15, -0.1) is 5.11 Å². The van der Waals surface area contributed by atoms with Crippen LogP contribution in [-0.4, -0.2) is 13.2 Å². The van der Waals surface area contributed by atoms with Crippen LogP contribution < -0.4 is 9.47 Å². The fourth-order valence-electron chi connectivity index (χ4n) is 6.42. The average Bonchev–Trinajstić information content (AvgIpc) is 3.12. The first-order valence-electron chi connectivity index (χ1n) is 19.6. The van der Waals surface area contributed by atoms with Gasteiger partial charge in [-0.3, -0.25) is 0 Å². The fourth-order valence-corrected chi connectivity index (χ4v) is 6.42. The van der Waals surface area contributed by atoms with E-state index in [4.69, 9.17) is 19.7 Å². The minimum atomic E-state index is 0.377. The van der Waals surface area contributed by atoms with Crippen molar-refractivity contribution in [3.05, 3.63) is 71.3 Å². The quantitative estimate of drug-likeness (QED) is 0.0674. The summed E-state index contributed by atoms with van der Waals surface area (Å²) in [6, 6.07) is 19.3. The third-order valence-electron chi connectivity index (χ3n) is 9.69. The second-order valence-electron chi connectivity index (χ2n) is 13.5. The summed E-state index contributed by atoms with van der Waals surface area (Å²) in [5, 5.41) is 9.78. The van der Waals surface area contributed by atoms with Crippen molar-refractivity contribution in [3.8, 4) is 22.6 Å². The van der Waals surface area contributed by atoms with Crippen LogP contribution in [0.1, 0.15) is 160 Å². The van der Waals surface area contributed by atoms with Crippen LogP contribution in [0.25, 0.3) is 11.1 Å². The lowest BCUT2D eigenvalue weighted by molar-refractivity contribution is 0.304. The molecule has 1 atom stereocenters. The van der Waals surface area contributed by atoms with Gasteiger partial charge in [-0.2, -0.15) is 5.11 Å². The SMILES string of the molecule is CCCCCCCCCCCCCCCCOc1ccc(N=Nc2c(CC)cc(-c3ccc(OCC)cc3)cc2CC)c(C(C)CC)c1.